The number of aliphatic hydroxyl groups excluding tert-OH is 3. The monoisotopic (exact) mass is 599 g/mol. The van der Waals surface area contributed by atoms with Crippen molar-refractivity contribution in [2.24, 2.45) is 17.6 Å². The highest BCUT2D eigenvalue weighted by atomic mass is 16.4. The van der Waals surface area contributed by atoms with Crippen LogP contribution in [0.3, 0.4) is 0 Å². The van der Waals surface area contributed by atoms with Crippen molar-refractivity contribution < 1.29 is 39.9 Å². The van der Waals surface area contributed by atoms with Gasteiger partial charge in [-0.1, -0.05) is 49.4 Å². The van der Waals surface area contributed by atoms with E-state index in [9.17, 15) is 39.9 Å². The molecule has 0 aliphatic heterocycles. The summed E-state index contributed by atoms with van der Waals surface area (Å²) in [5.41, 5.74) is 4.56. The van der Waals surface area contributed by atoms with Gasteiger partial charge in [0.05, 0.1) is 29.3 Å². The Bertz CT molecular complexity index is 1760. The van der Waals surface area contributed by atoms with Crippen LogP contribution in [0.2, 0.25) is 0 Å². The predicted octanol–water partition coefficient (Wildman–Crippen LogP) is 2.28. The molecular formula is C33H33N3O8. The number of carbonyl (C=O) groups excluding carboxylic acids is 3. The largest absolute Gasteiger partial charge is 0.508 e. The molecule has 1 saturated carbocycles. The Hall–Kier alpha value is -4.71. The first-order valence-electron chi connectivity index (χ1n) is 14.2. The Balaban J connectivity index is 1.43. The summed E-state index contributed by atoms with van der Waals surface area (Å²) in [6, 6.07) is 11.7. The molecule has 2 aromatic carbocycles. The van der Waals surface area contributed by atoms with Crippen LogP contribution in [0.15, 0.2) is 77.2 Å². The van der Waals surface area contributed by atoms with Gasteiger partial charge in [0.1, 0.15) is 22.8 Å². The van der Waals surface area contributed by atoms with E-state index in [1.165, 1.54) is 19.0 Å². The zero-order valence-corrected chi connectivity index (χ0v) is 24.3. The third kappa shape index (κ3) is 3.97. The van der Waals surface area contributed by atoms with Crippen molar-refractivity contribution in [1.29, 1.82) is 0 Å². The number of primary amides is 1. The molecule has 1 amide bonds. The number of aliphatic hydroxyl groups is 4. The highest BCUT2D eigenvalue weighted by Gasteiger charge is 2.68. The van der Waals surface area contributed by atoms with Crippen molar-refractivity contribution in [2.45, 2.75) is 37.0 Å². The Morgan fingerprint density at radius 2 is 1.73 bits per heavy atom. The number of likely N-dealkylation sites (N-methyl/N-ethyl adjacent to an activating group) is 1. The quantitative estimate of drug-likeness (QED) is 0.198. The molecule has 0 unspecified atom stereocenters. The van der Waals surface area contributed by atoms with Crippen LogP contribution < -0.4 is 11.1 Å². The third-order valence-corrected chi connectivity index (χ3v) is 9.44. The molecule has 1 fully saturated rings. The van der Waals surface area contributed by atoms with Crippen LogP contribution in [0.25, 0.3) is 11.3 Å². The summed E-state index contributed by atoms with van der Waals surface area (Å²) in [5.74, 6) is -9.20. The lowest BCUT2D eigenvalue weighted by Gasteiger charge is -2.53. The molecule has 11 nitrogen and oxygen atoms in total. The average molecular weight is 600 g/mol. The van der Waals surface area contributed by atoms with Gasteiger partial charge in [0.15, 0.2) is 11.4 Å². The van der Waals surface area contributed by atoms with Crippen LogP contribution in [0, 0.1) is 11.8 Å². The molecular weight excluding hydrogens is 566 g/mol. The summed E-state index contributed by atoms with van der Waals surface area (Å²) < 4.78 is 0. The normalized spacial score (nSPS) is 29.6. The predicted molar refractivity (Wildman–Crippen MR) is 161 cm³/mol. The number of ketones is 2. The summed E-state index contributed by atoms with van der Waals surface area (Å²) >= 11 is 0. The number of fused-ring (bicyclic) bond motifs is 3. The molecule has 0 bridgehead atoms. The van der Waals surface area contributed by atoms with Gasteiger partial charge >= 0.3 is 0 Å². The number of aromatic hydroxyl groups is 1. The van der Waals surface area contributed by atoms with E-state index in [1.807, 2.05) is 42.5 Å². The Morgan fingerprint density at radius 1 is 1.05 bits per heavy atom. The van der Waals surface area contributed by atoms with E-state index < -0.39 is 75.6 Å². The molecule has 0 saturated heterocycles. The smallest absolute Gasteiger partial charge is 0.255 e. The zero-order valence-electron chi connectivity index (χ0n) is 24.3. The SMILES string of the molecule is C[C@@H]1c2ccc(NC3=CC=C(c4ccccc4)C3)c(O)c2C(O)=C2C(=O)[C@@]3(O)C(O)=C(C(N)=O)C(=O)[C@H](N(C)C)[C@H]3[C@H](O)[C@H]21. The van der Waals surface area contributed by atoms with Crippen molar-refractivity contribution >= 4 is 34.5 Å². The van der Waals surface area contributed by atoms with Crippen molar-refractivity contribution in [1.82, 2.24) is 4.90 Å². The van der Waals surface area contributed by atoms with E-state index in [4.69, 9.17) is 5.73 Å². The number of hydrogen-bond donors (Lipinski definition) is 7. The van der Waals surface area contributed by atoms with Gasteiger partial charge in [-0.15, -0.1) is 0 Å². The van der Waals surface area contributed by atoms with Gasteiger partial charge in [0.2, 0.25) is 5.78 Å². The summed E-state index contributed by atoms with van der Waals surface area (Å²) in [7, 11) is 2.93. The summed E-state index contributed by atoms with van der Waals surface area (Å²) in [5, 5.41) is 60.8. The Labute approximate surface area is 252 Å². The second kappa shape index (κ2) is 10.2. The van der Waals surface area contributed by atoms with Crippen molar-refractivity contribution in [2.75, 3.05) is 19.4 Å². The van der Waals surface area contributed by atoms with Crippen molar-refractivity contribution in [3.05, 3.63) is 93.9 Å². The number of allylic oxidation sites excluding steroid dienone is 3. The van der Waals surface area contributed by atoms with Crippen LogP contribution in [-0.2, 0) is 14.4 Å². The van der Waals surface area contributed by atoms with Crippen LogP contribution >= 0.6 is 0 Å². The standard InChI is InChI=1S/C33H33N3O8/c1-14-18-11-12-19(35-17-10-9-16(13-17)15-7-5-4-6-8-15)26(37)21(18)27(38)22-20(14)28(39)24-25(36(2)3)29(40)23(32(34)43)31(42)33(24,44)30(22)41/h4-12,14,20,24-25,28,35,37-39,42,44H,13H2,1-3H3,(H2,34,43)/t14-,20+,24+,25-,28-,33-/m1/s1. The van der Waals surface area contributed by atoms with E-state index in [1.54, 1.807) is 19.1 Å². The van der Waals surface area contributed by atoms with Crippen molar-refractivity contribution in [3.63, 3.8) is 0 Å². The van der Waals surface area contributed by atoms with Crippen LogP contribution in [0.1, 0.15) is 36.0 Å². The average Bonchev–Trinajstić information content (AvgIpc) is 3.45. The summed E-state index contributed by atoms with van der Waals surface area (Å²) in [6.07, 6.45) is 2.77. The number of Topliss-reactive ketones (excluding diaryl/α,β-unsaturated/α-hetero) is 2. The topological polar surface area (TPSA) is 194 Å². The number of nitrogens with two attached hydrogens (primary N) is 1. The second-order valence-corrected chi connectivity index (χ2v) is 12.0. The van der Waals surface area contributed by atoms with Gasteiger partial charge in [0, 0.05) is 23.6 Å². The first kappa shape index (κ1) is 29.4. The molecule has 0 heterocycles. The first-order chi connectivity index (χ1) is 20.8. The van der Waals surface area contributed by atoms with E-state index in [0.29, 0.717) is 12.0 Å². The number of phenolic OH excluding ortho intramolecular Hbond substituents is 1. The number of nitrogens with zero attached hydrogens (tertiary/aromatic N) is 1. The zero-order chi connectivity index (χ0) is 31.8. The van der Waals surface area contributed by atoms with Gasteiger partial charge in [-0.25, -0.2) is 0 Å². The molecule has 44 heavy (non-hydrogen) atoms. The summed E-state index contributed by atoms with van der Waals surface area (Å²) in [4.78, 5) is 41.0. The molecule has 11 heteroatoms. The fourth-order valence-electron chi connectivity index (χ4n) is 7.35. The second-order valence-electron chi connectivity index (χ2n) is 12.0. The molecule has 4 aliphatic rings. The highest BCUT2D eigenvalue weighted by Crippen LogP contribution is 2.56. The number of benzene rings is 2. The number of hydrogen-bond acceptors (Lipinski definition) is 10. The number of anilines is 1. The third-order valence-electron chi connectivity index (χ3n) is 9.44. The number of phenols is 1. The fourth-order valence-corrected chi connectivity index (χ4v) is 7.35. The molecule has 4 aliphatic carbocycles. The first-order valence-corrected chi connectivity index (χ1v) is 14.2. The van der Waals surface area contributed by atoms with E-state index >= 15 is 0 Å². The Kier molecular flexibility index (Phi) is 6.80. The number of rotatable bonds is 5. The number of carbonyl (C=O) groups is 3. The minimum atomic E-state index is -2.96. The minimum absolute atomic E-state index is 0.0687. The molecule has 228 valence electrons. The molecule has 2 aromatic rings. The van der Waals surface area contributed by atoms with Crippen LogP contribution in [0.4, 0.5) is 5.69 Å². The van der Waals surface area contributed by atoms with E-state index in [0.717, 1.165) is 16.8 Å². The molecule has 6 rings (SSSR count). The van der Waals surface area contributed by atoms with Crippen molar-refractivity contribution in [3.8, 4) is 5.75 Å². The van der Waals surface area contributed by atoms with E-state index in [2.05, 4.69) is 5.32 Å². The lowest BCUT2D eigenvalue weighted by molar-refractivity contribution is -0.169. The highest BCUT2D eigenvalue weighted by molar-refractivity contribution is 6.24. The van der Waals surface area contributed by atoms with Gasteiger partial charge < -0.3 is 36.6 Å². The number of amides is 1. The molecule has 8 N–H and O–H groups in total. The van der Waals surface area contributed by atoms with Gasteiger partial charge in [-0.2, -0.15) is 0 Å². The molecule has 0 aromatic heterocycles. The lowest BCUT2D eigenvalue weighted by Crippen LogP contribution is -2.70. The van der Waals surface area contributed by atoms with Gasteiger partial charge in [-0.05, 0) is 48.9 Å². The fraction of sp³-hybridized carbons (Fsp3) is 0.303. The minimum Gasteiger partial charge on any atom is -0.508 e. The maximum atomic E-state index is 14.2. The Morgan fingerprint density at radius 3 is 2.36 bits per heavy atom. The maximum absolute atomic E-state index is 14.2. The lowest BCUT2D eigenvalue weighted by atomic mass is 9.54. The van der Waals surface area contributed by atoms with Gasteiger partial charge in [0.25, 0.3) is 5.91 Å². The van der Waals surface area contributed by atoms with Crippen LogP contribution in [0.5, 0.6) is 5.75 Å². The van der Waals surface area contributed by atoms with Crippen LogP contribution in [-0.4, -0.2) is 79.7 Å². The maximum Gasteiger partial charge on any atom is 0.255 e. The van der Waals surface area contributed by atoms with Gasteiger partial charge in [-0.3, -0.25) is 19.3 Å². The molecule has 0 spiro atoms. The summed E-state index contributed by atoms with van der Waals surface area (Å²) in [6.45, 7) is 1.69. The van der Waals surface area contributed by atoms with E-state index in [-0.39, 0.29) is 17.0 Å². The molecule has 0 radical (unpaired) electrons. The number of nitrogens with one attached hydrogen (secondary N) is 1. The molecule has 6 atom stereocenters.